The Morgan fingerprint density at radius 3 is 2.42 bits per heavy atom. The average molecular weight is 256 g/mol. The molecule has 0 saturated carbocycles. The van der Waals surface area contributed by atoms with Crippen LogP contribution in [-0.4, -0.2) is 20.2 Å². The number of ether oxygens (including phenoxy) is 3. The summed E-state index contributed by atoms with van der Waals surface area (Å²) >= 11 is 0. The molecule has 4 nitrogen and oxygen atoms in total. The summed E-state index contributed by atoms with van der Waals surface area (Å²) in [6.07, 6.45) is 0.821. The highest BCUT2D eigenvalue weighted by molar-refractivity contribution is 5.89. The molecule has 3 rings (SSSR count). The first kappa shape index (κ1) is 11.6. The number of rotatable bonds is 3. The largest absolute Gasteiger partial charge is 0.497 e. The van der Waals surface area contributed by atoms with Crippen molar-refractivity contribution in [2.75, 3.05) is 13.9 Å². The molecule has 2 aromatic rings. The lowest BCUT2D eigenvalue weighted by atomic mass is 9.99. The van der Waals surface area contributed by atoms with Gasteiger partial charge in [0, 0.05) is 5.56 Å². The van der Waals surface area contributed by atoms with Gasteiger partial charge in [-0.2, -0.15) is 0 Å². The van der Waals surface area contributed by atoms with E-state index in [0.717, 1.165) is 23.2 Å². The van der Waals surface area contributed by atoms with E-state index in [0.29, 0.717) is 17.1 Å². The predicted molar refractivity (Wildman–Crippen MR) is 69.9 cm³/mol. The van der Waals surface area contributed by atoms with Crippen molar-refractivity contribution in [1.82, 2.24) is 0 Å². The Balaban J connectivity index is 2.10. The minimum absolute atomic E-state index is 0.194. The Hall–Kier alpha value is -2.49. The van der Waals surface area contributed by atoms with E-state index in [2.05, 4.69) is 0 Å². The molecule has 2 aromatic carbocycles. The Labute approximate surface area is 110 Å². The van der Waals surface area contributed by atoms with Crippen LogP contribution >= 0.6 is 0 Å². The van der Waals surface area contributed by atoms with Gasteiger partial charge >= 0.3 is 0 Å². The Kier molecular flexibility index (Phi) is 2.83. The summed E-state index contributed by atoms with van der Waals surface area (Å²) in [6, 6.07) is 11.1. The maximum absolute atomic E-state index is 11.2. The van der Waals surface area contributed by atoms with Crippen LogP contribution in [0, 0.1) is 0 Å². The third-order valence-corrected chi connectivity index (χ3v) is 3.07. The van der Waals surface area contributed by atoms with Crippen molar-refractivity contribution in [2.24, 2.45) is 0 Å². The van der Waals surface area contributed by atoms with Gasteiger partial charge in [-0.05, 0) is 35.4 Å². The van der Waals surface area contributed by atoms with Gasteiger partial charge in [0.2, 0.25) is 6.79 Å². The molecular formula is C15H12O4. The lowest BCUT2D eigenvalue weighted by Crippen LogP contribution is -1.92. The molecule has 1 heterocycles. The fourth-order valence-corrected chi connectivity index (χ4v) is 2.08. The third kappa shape index (κ3) is 2.01. The molecular weight excluding hydrogens is 244 g/mol. The second kappa shape index (κ2) is 4.65. The van der Waals surface area contributed by atoms with Crippen molar-refractivity contribution in [3.63, 3.8) is 0 Å². The molecule has 0 amide bonds. The quantitative estimate of drug-likeness (QED) is 0.792. The van der Waals surface area contributed by atoms with Gasteiger partial charge in [0.15, 0.2) is 17.8 Å². The summed E-state index contributed by atoms with van der Waals surface area (Å²) in [7, 11) is 1.62. The zero-order valence-electron chi connectivity index (χ0n) is 10.4. The van der Waals surface area contributed by atoms with Crippen LogP contribution in [0.5, 0.6) is 17.2 Å². The zero-order valence-corrected chi connectivity index (χ0v) is 10.4. The van der Waals surface area contributed by atoms with Crippen molar-refractivity contribution in [3.8, 4) is 28.4 Å². The summed E-state index contributed by atoms with van der Waals surface area (Å²) < 4.78 is 15.7. The zero-order chi connectivity index (χ0) is 13.2. The van der Waals surface area contributed by atoms with E-state index >= 15 is 0 Å². The van der Waals surface area contributed by atoms with Crippen LogP contribution in [0.3, 0.4) is 0 Å². The van der Waals surface area contributed by atoms with Gasteiger partial charge in [0.1, 0.15) is 5.75 Å². The first-order valence-corrected chi connectivity index (χ1v) is 5.85. The molecule has 0 radical (unpaired) electrons. The highest BCUT2D eigenvalue weighted by atomic mass is 16.7. The summed E-state index contributed by atoms with van der Waals surface area (Å²) in [5.41, 5.74) is 2.33. The molecule has 0 N–H and O–H groups in total. The lowest BCUT2D eigenvalue weighted by molar-refractivity contribution is 0.112. The van der Waals surface area contributed by atoms with Crippen LogP contribution in [-0.2, 0) is 0 Å². The van der Waals surface area contributed by atoms with Crippen LogP contribution in [0.25, 0.3) is 11.1 Å². The minimum atomic E-state index is 0.194. The molecule has 0 saturated heterocycles. The van der Waals surface area contributed by atoms with Crippen molar-refractivity contribution >= 4 is 6.29 Å². The maximum Gasteiger partial charge on any atom is 0.231 e. The van der Waals surface area contributed by atoms with Crippen LogP contribution in [0.15, 0.2) is 36.4 Å². The SMILES string of the molecule is COc1ccc(-c2cc3c(cc2C=O)OCO3)cc1. The fourth-order valence-electron chi connectivity index (χ4n) is 2.08. The summed E-state index contributed by atoms with van der Waals surface area (Å²) in [4.78, 5) is 11.2. The summed E-state index contributed by atoms with van der Waals surface area (Å²) in [5.74, 6) is 2.05. The van der Waals surface area contributed by atoms with Crippen LogP contribution < -0.4 is 14.2 Å². The van der Waals surface area contributed by atoms with Crippen LogP contribution in [0.1, 0.15) is 10.4 Å². The van der Waals surface area contributed by atoms with E-state index in [1.807, 2.05) is 30.3 Å². The second-order valence-corrected chi connectivity index (χ2v) is 4.14. The molecule has 0 aliphatic carbocycles. The molecule has 19 heavy (non-hydrogen) atoms. The molecule has 0 aromatic heterocycles. The fraction of sp³-hybridized carbons (Fsp3) is 0.133. The molecule has 0 fully saturated rings. The van der Waals surface area contributed by atoms with Crippen LogP contribution in [0.4, 0.5) is 0 Å². The molecule has 4 heteroatoms. The molecule has 0 atom stereocenters. The van der Waals surface area contributed by atoms with Crippen LogP contribution in [0.2, 0.25) is 0 Å². The van der Waals surface area contributed by atoms with Crippen molar-refractivity contribution < 1.29 is 19.0 Å². The number of benzene rings is 2. The molecule has 0 bridgehead atoms. The predicted octanol–water partition coefficient (Wildman–Crippen LogP) is 2.90. The average Bonchev–Trinajstić information content (AvgIpc) is 2.93. The van der Waals surface area contributed by atoms with E-state index < -0.39 is 0 Å². The molecule has 0 unspecified atom stereocenters. The monoisotopic (exact) mass is 256 g/mol. The number of aldehydes is 1. The number of carbonyl (C=O) groups is 1. The van der Waals surface area contributed by atoms with Gasteiger partial charge < -0.3 is 14.2 Å². The van der Waals surface area contributed by atoms with Gasteiger partial charge in [-0.1, -0.05) is 12.1 Å². The molecule has 96 valence electrons. The van der Waals surface area contributed by atoms with E-state index in [4.69, 9.17) is 14.2 Å². The van der Waals surface area contributed by atoms with E-state index in [-0.39, 0.29) is 6.79 Å². The normalized spacial score (nSPS) is 12.3. The van der Waals surface area contributed by atoms with Gasteiger partial charge in [0.25, 0.3) is 0 Å². The van der Waals surface area contributed by atoms with Crippen molar-refractivity contribution in [2.45, 2.75) is 0 Å². The van der Waals surface area contributed by atoms with E-state index in [1.165, 1.54) is 0 Å². The summed E-state index contributed by atoms with van der Waals surface area (Å²) in [5, 5.41) is 0. The number of hydrogen-bond donors (Lipinski definition) is 0. The highest BCUT2D eigenvalue weighted by Gasteiger charge is 2.17. The van der Waals surface area contributed by atoms with Crippen molar-refractivity contribution in [3.05, 3.63) is 42.0 Å². The van der Waals surface area contributed by atoms with Gasteiger partial charge in [0.05, 0.1) is 7.11 Å². The molecule has 1 aliphatic rings. The van der Waals surface area contributed by atoms with Gasteiger partial charge in [-0.25, -0.2) is 0 Å². The standard InChI is InChI=1S/C15H12O4/c1-17-12-4-2-10(3-5-12)13-7-15-14(18-9-19-15)6-11(13)8-16/h2-8H,9H2,1H3. The Morgan fingerprint density at radius 2 is 1.79 bits per heavy atom. The minimum Gasteiger partial charge on any atom is -0.497 e. The topological polar surface area (TPSA) is 44.8 Å². The van der Waals surface area contributed by atoms with Gasteiger partial charge in [-0.3, -0.25) is 4.79 Å². The van der Waals surface area contributed by atoms with E-state index in [1.54, 1.807) is 13.2 Å². The number of hydrogen-bond acceptors (Lipinski definition) is 4. The second-order valence-electron chi connectivity index (χ2n) is 4.14. The highest BCUT2D eigenvalue weighted by Crippen LogP contribution is 2.38. The Morgan fingerprint density at radius 1 is 1.11 bits per heavy atom. The number of fused-ring (bicyclic) bond motifs is 1. The van der Waals surface area contributed by atoms with Crippen molar-refractivity contribution in [1.29, 1.82) is 0 Å². The Bertz CT molecular complexity index is 617. The van der Waals surface area contributed by atoms with E-state index in [9.17, 15) is 4.79 Å². The lowest BCUT2D eigenvalue weighted by Gasteiger charge is -2.08. The first-order valence-electron chi connectivity index (χ1n) is 5.85. The summed E-state index contributed by atoms with van der Waals surface area (Å²) in [6.45, 7) is 0.194. The van der Waals surface area contributed by atoms with Gasteiger partial charge in [-0.15, -0.1) is 0 Å². The first-order chi connectivity index (χ1) is 9.31. The number of methoxy groups -OCH3 is 1. The maximum atomic E-state index is 11.2. The third-order valence-electron chi connectivity index (χ3n) is 3.07. The molecule has 1 aliphatic heterocycles. The molecule has 0 spiro atoms. The smallest absolute Gasteiger partial charge is 0.231 e. The number of carbonyl (C=O) groups excluding carboxylic acids is 1.